The highest BCUT2D eigenvalue weighted by Gasteiger charge is 2.25. The molecule has 1 aromatic rings. The molecule has 5 heteroatoms. The lowest BCUT2D eigenvalue weighted by Gasteiger charge is -2.12. The summed E-state index contributed by atoms with van der Waals surface area (Å²) in [5.41, 5.74) is 1.71. The molecule has 0 aliphatic heterocycles. The van der Waals surface area contributed by atoms with Crippen LogP contribution in [0.2, 0.25) is 0 Å². The van der Waals surface area contributed by atoms with Gasteiger partial charge in [0.15, 0.2) is 0 Å². The summed E-state index contributed by atoms with van der Waals surface area (Å²) < 4.78 is 2.07. The van der Waals surface area contributed by atoms with Crippen LogP contribution in [0.5, 0.6) is 5.88 Å². The van der Waals surface area contributed by atoms with Crippen LogP contribution in [0.25, 0.3) is 5.57 Å². The van der Waals surface area contributed by atoms with Crippen LogP contribution in [0.3, 0.4) is 0 Å². The summed E-state index contributed by atoms with van der Waals surface area (Å²) in [5, 5.41) is 10.1. The first-order chi connectivity index (χ1) is 8.36. The number of aromatic nitrogens is 2. The molecule has 1 N–H and O–H groups in total. The van der Waals surface area contributed by atoms with Gasteiger partial charge in [0, 0.05) is 14.1 Å². The average Bonchev–Trinajstić information content (AvgIpc) is 2.66. The smallest absolute Gasteiger partial charge is 0.333 e. The zero-order chi connectivity index (χ0) is 13.6. The first kappa shape index (κ1) is 12.4. The van der Waals surface area contributed by atoms with Crippen molar-refractivity contribution in [2.75, 3.05) is 0 Å². The number of hydrogen-bond acceptors (Lipinski definition) is 3. The second-order valence-corrected chi connectivity index (χ2v) is 4.66. The maximum Gasteiger partial charge on any atom is 0.333 e. The first-order valence-electron chi connectivity index (χ1n) is 5.73. The molecule has 0 amide bonds. The molecule has 1 aromatic heterocycles. The summed E-state index contributed by atoms with van der Waals surface area (Å²) in [5.74, 6) is -0.291. The Morgan fingerprint density at radius 2 is 1.78 bits per heavy atom. The van der Waals surface area contributed by atoms with Crippen molar-refractivity contribution < 1.29 is 5.11 Å². The van der Waals surface area contributed by atoms with E-state index >= 15 is 0 Å². The van der Waals surface area contributed by atoms with E-state index in [0.717, 1.165) is 33.1 Å². The second kappa shape index (κ2) is 4.01. The third kappa shape index (κ3) is 1.54. The number of allylic oxidation sites excluding steroid dienone is 3. The summed E-state index contributed by atoms with van der Waals surface area (Å²) in [6.07, 6.45) is 1.62. The normalized spacial score (nSPS) is 15.6. The van der Waals surface area contributed by atoms with Gasteiger partial charge in [0.25, 0.3) is 5.56 Å². The highest BCUT2D eigenvalue weighted by Crippen LogP contribution is 2.38. The fourth-order valence-electron chi connectivity index (χ4n) is 2.33. The van der Waals surface area contributed by atoms with Gasteiger partial charge < -0.3 is 5.11 Å². The van der Waals surface area contributed by atoms with Crippen molar-refractivity contribution in [3.63, 3.8) is 0 Å². The van der Waals surface area contributed by atoms with Gasteiger partial charge in [0.2, 0.25) is 5.88 Å². The molecule has 0 fully saturated rings. The summed E-state index contributed by atoms with van der Waals surface area (Å²) >= 11 is 0. The molecule has 1 aliphatic carbocycles. The van der Waals surface area contributed by atoms with Gasteiger partial charge in [0.05, 0.1) is 0 Å². The first-order valence-corrected chi connectivity index (χ1v) is 5.73. The number of rotatable bonds is 1. The van der Waals surface area contributed by atoms with Gasteiger partial charge in [-0.1, -0.05) is 12.2 Å². The molecule has 0 aromatic carbocycles. The van der Waals surface area contributed by atoms with Crippen LogP contribution in [-0.4, -0.2) is 14.2 Å². The van der Waals surface area contributed by atoms with Crippen LogP contribution >= 0.6 is 0 Å². The number of aromatic hydroxyl groups is 1. The predicted molar refractivity (Wildman–Crippen MR) is 69.6 cm³/mol. The van der Waals surface area contributed by atoms with Crippen LogP contribution in [0, 0.1) is 0 Å². The van der Waals surface area contributed by atoms with Crippen molar-refractivity contribution in [1.29, 1.82) is 0 Å². The van der Waals surface area contributed by atoms with Crippen molar-refractivity contribution in [3.8, 4) is 5.88 Å². The van der Waals surface area contributed by atoms with Crippen LogP contribution in [-0.2, 0) is 14.1 Å². The predicted octanol–water partition coefficient (Wildman–Crippen LogP) is 0.913. The molecule has 0 saturated carbocycles. The molecule has 1 heterocycles. The van der Waals surface area contributed by atoms with Gasteiger partial charge in [-0.3, -0.25) is 13.9 Å². The Kier molecular flexibility index (Phi) is 2.77. The van der Waals surface area contributed by atoms with Crippen LogP contribution in [0.4, 0.5) is 0 Å². The van der Waals surface area contributed by atoms with E-state index in [1.165, 1.54) is 14.1 Å². The third-order valence-electron chi connectivity index (χ3n) is 3.47. The zero-order valence-electron chi connectivity index (χ0n) is 10.8. The molecule has 96 valence electrons. The van der Waals surface area contributed by atoms with E-state index in [1.807, 2.05) is 6.92 Å². The Balaban J connectivity index is 2.90. The van der Waals surface area contributed by atoms with Gasteiger partial charge in [-0.15, -0.1) is 0 Å². The summed E-state index contributed by atoms with van der Waals surface area (Å²) in [7, 11) is 2.84. The monoisotopic (exact) mass is 248 g/mol. The van der Waals surface area contributed by atoms with E-state index in [0.29, 0.717) is 5.57 Å². The molecule has 2 rings (SSSR count). The highest BCUT2D eigenvalue weighted by atomic mass is 16.3. The van der Waals surface area contributed by atoms with Crippen molar-refractivity contribution in [1.82, 2.24) is 9.13 Å². The van der Waals surface area contributed by atoms with E-state index in [-0.39, 0.29) is 11.4 Å². The van der Waals surface area contributed by atoms with E-state index in [2.05, 4.69) is 6.58 Å². The molecule has 0 atom stereocenters. The van der Waals surface area contributed by atoms with Crippen molar-refractivity contribution in [2.45, 2.75) is 19.8 Å². The van der Waals surface area contributed by atoms with Crippen LogP contribution < -0.4 is 11.2 Å². The lowest BCUT2D eigenvalue weighted by atomic mass is 10.0. The maximum absolute atomic E-state index is 12.2. The number of nitrogens with zero attached hydrogens (tertiary/aromatic N) is 2. The minimum absolute atomic E-state index is 0.180. The van der Waals surface area contributed by atoms with Gasteiger partial charge in [0.1, 0.15) is 5.56 Å². The summed E-state index contributed by atoms with van der Waals surface area (Å²) in [6, 6.07) is 0. The molecule has 0 bridgehead atoms. The van der Waals surface area contributed by atoms with E-state index in [4.69, 9.17) is 0 Å². The van der Waals surface area contributed by atoms with Crippen LogP contribution in [0.15, 0.2) is 27.3 Å². The minimum Gasteiger partial charge on any atom is -0.494 e. The minimum atomic E-state index is -0.539. The molecule has 5 nitrogen and oxygen atoms in total. The Labute approximate surface area is 104 Å². The van der Waals surface area contributed by atoms with E-state index < -0.39 is 11.2 Å². The van der Waals surface area contributed by atoms with Gasteiger partial charge in [-0.25, -0.2) is 4.79 Å². The summed E-state index contributed by atoms with van der Waals surface area (Å²) in [6.45, 7) is 5.84. The molecule has 1 aliphatic rings. The molecule has 0 saturated heterocycles. The van der Waals surface area contributed by atoms with E-state index in [9.17, 15) is 14.7 Å². The van der Waals surface area contributed by atoms with Gasteiger partial charge >= 0.3 is 5.69 Å². The lowest BCUT2D eigenvalue weighted by Crippen LogP contribution is -2.38. The molecule has 18 heavy (non-hydrogen) atoms. The fourth-order valence-corrected chi connectivity index (χ4v) is 2.33. The Morgan fingerprint density at radius 1 is 1.17 bits per heavy atom. The molecule has 0 unspecified atom stereocenters. The Hall–Kier alpha value is -2.04. The topological polar surface area (TPSA) is 64.2 Å². The average molecular weight is 248 g/mol. The van der Waals surface area contributed by atoms with Crippen LogP contribution in [0.1, 0.15) is 25.3 Å². The van der Waals surface area contributed by atoms with Crippen molar-refractivity contribution in [3.05, 3.63) is 44.1 Å². The zero-order valence-corrected chi connectivity index (χ0v) is 10.8. The molecular formula is C13H16N2O3. The third-order valence-corrected chi connectivity index (χ3v) is 3.47. The number of hydrogen-bond donors (Lipinski definition) is 1. The Bertz CT molecular complexity index is 689. The largest absolute Gasteiger partial charge is 0.494 e. The second-order valence-electron chi connectivity index (χ2n) is 4.66. The standard InChI is InChI=1S/C13H16N2O3/c1-7-5-6-8(2)9(7)10-11(16)14(3)13(18)15(4)12(10)17/h16H,1,5-6H2,2-4H3. The van der Waals surface area contributed by atoms with Crippen molar-refractivity contribution in [2.24, 2.45) is 14.1 Å². The Morgan fingerprint density at radius 3 is 2.28 bits per heavy atom. The van der Waals surface area contributed by atoms with Gasteiger partial charge in [-0.05, 0) is 30.9 Å². The molecule has 0 spiro atoms. The van der Waals surface area contributed by atoms with Crippen molar-refractivity contribution >= 4 is 5.57 Å². The quantitative estimate of drug-likeness (QED) is 0.803. The lowest BCUT2D eigenvalue weighted by molar-refractivity contribution is 0.409. The molecule has 0 radical (unpaired) electrons. The van der Waals surface area contributed by atoms with E-state index in [1.54, 1.807) is 0 Å². The maximum atomic E-state index is 12.2. The fraction of sp³-hybridized carbons (Fsp3) is 0.385. The highest BCUT2D eigenvalue weighted by molar-refractivity contribution is 5.84. The SMILES string of the molecule is C=C1CCC(C)=C1c1c(O)n(C)c(=O)n(C)c1=O. The summed E-state index contributed by atoms with van der Waals surface area (Å²) in [4.78, 5) is 23.8. The molecular weight excluding hydrogens is 232 g/mol. The van der Waals surface area contributed by atoms with Gasteiger partial charge in [-0.2, -0.15) is 0 Å².